The fraction of sp³-hybridized carbons (Fsp3) is 0.125. The van der Waals surface area contributed by atoms with Gasteiger partial charge in [0.15, 0.2) is 5.43 Å². The predicted octanol–water partition coefficient (Wildman–Crippen LogP) is 0.193. The molecule has 11 heteroatoms. The third-order valence-electron chi connectivity index (χ3n) is 3.95. The van der Waals surface area contributed by atoms with E-state index in [2.05, 4.69) is 10.5 Å². The zero-order valence-corrected chi connectivity index (χ0v) is 15.2. The number of nitrogens with zero attached hydrogens (tertiary/aromatic N) is 4. The monoisotopic (exact) mass is 389 g/mol. The topological polar surface area (TPSA) is 127 Å². The quantitative estimate of drug-likeness (QED) is 0.487. The first-order chi connectivity index (χ1) is 12.7. The second-order valence-corrected chi connectivity index (χ2v) is 7.68. The Morgan fingerprint density at radius 1 is 1.30 bits per heavy atom. The number of fused-ring (bicyclic) bond motifs is 1. The Hall–Kier alpha value is -3.31. The van der Waals surface area contributed by atoms with E-state index in [0.717, 1.165) is 10.5 Å². The second-order valence-electron chi connectivity index (χ2n) is 5.75. The lowest BCUT2D eigenvalue weighted by atomic mass is 10.2. The highest BCUT2D eigenvalue weighted by Crippen LogP contribution is 2.23. The van der Waals surface area contributed by atoms with E-state index in [0.29, 0.717) is 16.3 Å². The van der Waals surface area contributed by atoms with Crippen molar-refractivity contribution in [2.24, 2.45) is 0 Å². The van der Waals surface area contributed by atoms with Crippen molar-refractivity contribution in [3.63, 3.8) is 0 Å². The largest absolute Gasteiger partial charge is 0.312 e. The molecule has 0 radical (unpaired) electrons. The van der Waals surface area contributed by atoms with Crippen molar-refractivity contribution < 1.29 is 13.3 Å². The maximum atomic E-state index is 12.8. The number of pyridine rings is 1. The van der Waals surface area contributed by atoms with E-state index in [1.807, 2.05) is 0 Å². The second kappa shape index (κ2) is 6.78. The summed E-state index contributed by atoms with van der Waals surface area (Å²) in [6, 6.07) is 6.37. The lowest BCUT2D eigenvalue weighted by Gasteiger charge is -2.18. The molecule has 0 fully saturated rings. The van der Waals surface area contributed by atoms with Gasteiger partial charge in [0.05, 0.1) is 21.5 Å². The molecule has 27 heavy (non-hydrogen) atoms. The summed E-state index contributed by atoms with van der Waals surface area (Å²) in [5.74, 6) is 0. The summed E-state index contributed by atoms with van der Waals surface area (Å²) in [4.78, 5) is 21.6. The molecule has 3 aromatic rings. The lowest BCUT2D eigenvalue weighted by Crippen LogP contribution is -2.37. The van der Waals surface area contributed by atoms with Crippen molar-refractivity contribution in [1.82, 2.24) is 19.5 Å². The van der Waals surface area contributed by atoms with Gasteiger partial charge in [-0.2, -0.15) is 5.10 Å². The minimum Gasteiger partial charge on any atom is -0.312 e. The number of sulfonamides is 1. The van der Waals surface area contributed by atoms with Gasteiger partial charge in [0.25, 0.3) is 15.7 Å². The number of hydrogen-bond donors (Lipinski definition) is 1. The van der Waals surface area contributed by atoms with Crippen LogP contribution in [0.5, 0.6) is 0 Å². The summed E-state index contributed by atoms with van der Waals surface area (Å²) >= 11 is 0. The van der Waals surface area contributed by atoms with E-state index in [-0.39, 0.29) is 16.0 Å². The Labute approximate surface area is 153 Å². The van der Waals surface area contributed by atoms with Crippen LogP contribution < -0.4 is 16.1 Å². The molecule has 1 N–H and O–H groups in total. The van der Waals surface area contributed by atoms with Gasteiger partial charge in [-0.15, -0.1) is 4.41 Å². The number of nitro groups is 1. The predicted molar refractivity (Wildman–Crippen MR) is 97.1 cm³/mol. The molecule has 3 rings (SSSR count). The van der Waals surface area contributed by atoms with Gasteiger partial charge in [-0.3, -0.25) is 14.9 Å². The molecule has 0 bridgehead atoms. The smallest absolute Gasteiger partial charge is 0.270 e. The molecular weight excluding hydrogens is 374 g/mol. The number of benzene rings is 1. The van der Waals surface area contributed by atoms with Crippen molar-refractivity contribution >= 4 is 27.4 Å². The summed E-state index contributed by atoms with van der Waals surface area (Å²) in [6.45, 7) is 1.55. The van der Waals surface area contributed by atoms with Gasteiger partial charge in [-0.05, 0) is 12.5 Å². The number of nitro benzene ring substituents is 1. The fourth-order valence-electron chi connectivity index (χ4n) is 2.45. The highest BCUT2D eigenvalue weighted by molar-refractivity contribution is 7.89. The van der Waals surface area contributed by atoms with Gasteiger partial charge in [0.2, 0.25) is 0 Å². The first kappa shape index (κ1) is 18.5. The first-order valence-electron chi connectivity index (χ1n) is 7.68. The summed E-state index contributed by atoms with van der Waals surface area (Å²) in [6.07, 6.45) is 4.36. The third-order valence-corrected chi connectivity index (χ3v) is 5.77. The van der Waals surface area contributed by atoms with Gasteiger partial charge in [0.1, 0.15) is 0 Å². The summed E-state index contributed by atoms with van der Waals surface area (Å²) in [7, 11) is -2.77. The molecule has 10 nitrogen and oxygen atoms in total. The van der Waals surface area contributed by atoms with Crippen LogP contribution in [0.15, 0.2) is 52.4 Å². The number of non-ortho nitro benzene ring substituents is 1. The molecule has 2 heterocycles. The van der Waals surface area contributed by atoms with Crippen LogP contribution in [-0.2, 0) is 10.0 Å². The first-order valence-corrected chi connectivity index (χ1v) is 9.12. The molecule has 2 aromatic heterocycles. The van der Waals surface area contributed by atoms with Crippen molar-refractivity contribution in [2.45, 2.75) is 11.8 Å². The van der Waals surface area contributed by atoms with Gasteiger partial charge >= 0.3 is 0 Å². The minimum atomic E-state index is -4.04. The van der Waals surface area contributed by atoms with E-state index < -0.39 is 14.9 Å². The maximum Gasteiger partial charge on any atom is 0.270 e. The zero-order chi connectivity index (χ0) is 19.8. The molecule has 0 aliphatic rings. The molecule has 1 aromatic carbocycles. The lowest BCUT2D eigenvalue weighted by molar-refractivity contribution is -0.385. The molecule has 140 valence electrons. The average Bonchev–Trinajstić information content (AvgIpc) is 3.01. The van der Waals surface area contributed by atoms with Crippen LogP contribution in [-0.4, -0.2) is 34.4 Å². The molecule has 0 amide bonds. The molecule has 0 atom stereocenters. The minimum absolute atomic E-state index is 0.179. The molecule has 0 aliphatic carbocycles. The van der Waals surface area contributed by atoms with Crippen LogP contribution in [0.4, 0.5) is 5.69 Å². The molecule has 0 unspecified atom stereocenters. The average molecular weight is 389 g/mol. The van der Waals surface area contributed by atoms with Crippen molar-refractivity contribution in [1.29, 1.82) is 0 Å². The zero-order valence-electron chi connectivity index (χ0n) is 14.4. The maximum absolute atomic E-state index is 12.8. The van der Waals surface area contributed by atoms with Crippen LogP contribution in [0, 0.1) is 17.0 Å². The Bertz CT molecular complexity index is 1250. The standard InChI is InChI=1S/C16H15N5O5S/c1-11-3-4-13(21(23)24)7-16(11)27(25,26)19(2)17-9-12-10-18-20-6-5-14(22)8-15(12)20/h3-10,17H,1-2H3/b12-9+. The van der Waals surface area contributed by atoms with Gasteiger partial charge in [0, 0.05) is 48.9 Å². The number of rotatable bonds is 5. The number of hydrazine groups is 1. The Kier molecular flexibility index (Phi) is 4.64. The van der Waals surface area contributed by atoms with Gasteiger partial charge in [-0.1, -0.05) is 6.07 Å². The van der Waals surface area contributed by atoms with Crippen LogP contribution in [0.2, 0.25) is 0 Å². The Morgan fingerprint density at radius 2 is 2.04 bits per heavy atom. The normalized spacial score (nSPS) is 12.6. The SMILES string of the molecule is Cc1ccc([N+](=O)[O-])cc1S(=O)(=O)N(C)N/C=c1\cnn2ccc(=O)cc12. The van der Waals surface area contributed by atoms with Crippen LogP contribution >= 0.6 is 0 Å². The van der Waals surface area contributed by atoms with Crippen molar-refractivity contribution in [2.75, 3.05) is 7.05 Å². The van der Waals surface area contributed by atoms with Gasteiger partial charge in [-0.25, -0.2) is 12.9 Å². The van der Waals surface area contributed by atoms with Crippen molar-refractivity contribution in [3.8, 4) is 0 Å². The Morgan fingerprint density at radius 3 is 2.74 bits per heavy atom. The van der Waals surface area contributed by atoms with E-state index in [1.54, 1.807) is 6.92 Å². The van der Waals surface area contributed by atoms with Crippen LogP contribution in [0.3, 0.4) is 0 Å². The number of hydrogen-bond acceptors (Lipinski definition) is 7. The molecule has 0 saturated carbocycles. The van der Waals surface area contributed by atoms with Crippen LogP contribution in [0.1, 0.15) is 5.56 Å². The molecular formula is C16H15N5O5S. The van der Waals surface area contributed by atoms with Crippen LogP contribution in [0.25, 0.3) is 11.7 Å². The van der Waals surface area contributed by atoms with E-state index in [4.69, 9.17) is 0 Å². The molecule has 0 saturated heterocycles. The number of aryl methyl sites for hydroxylation is 1. The Balaban J connectivity index is 1.96. The van der Waals surface area contributed by atoms with E-state index in [1.165, 1.54) is 54.4 Å². The highest BCUT2D eigenvalue weighted by atomic mass is 32.2. The molecule has 0 aliphatic heterocycles. The third kappa shape index (κ3) is 3.50. The summed E-state index contributed by atoms with van der Waals surface area (Å²) in [5.41, 5.74) is 2.97. The number of nitrogens with one attached hydrogen (secondary N) is 1. The van der Waals surface area contributed by atoms with Crippen molar-refractivity contribution in [3.05, 3.63) is 73.8 Å². The number of aromatic nitrogens is 2. The fourth-order valence-corrected chi connectivity index (χ4v) is 3.68. The van der Waals surface area contributed by atoms with E-state index >= 15 is 0 Å². The summed E-state index contributed by atoms with van der Waals surface area (Å²) < 4.78 is 27.8. The van der Waals surface area contributed by atoms with E-state index in [9.17, 15) is 23.3 Å². The highest BCUT2D eigenvalue weighted by Gasteiger charge is 2.24. The molecule has 0 spiro atoms. The van der Waals surface area contributed by atoms with Gasteiger partial charge < -0.3 is 5.43 Å². The summed E-state index contributed by atoms with van der Waals surface area (Å²) in [5, 5.41) is 15.5.